The summed E-state index contributed by atoms with van der Waals surface area (Å²) < 4.78 is 27.3. The molecule has 3 N–H and O–H groups in total. The Morgan fingerprint density at radius 1 is 1.17 bits per heavy atom. The predicted octanol–water partition coefficient (Wildman–Crippen LogP) is 3.81. The summed E-state index contributed by atoms with van der Waals surface area (Å²) in [5, 5.41) is 4.19. The number of Topliss-reactive ketones (excluding diaryl/α,β-unsaturated/α-hetero) is 1. The number of fused-ring (bicyclic) bond motifs is 1. The number of benzene rings is 1. The second kappa shape index (κ2) is 8.10. The van der Waals surface area contributed by atoms with Gasteiger partial charge in [0.25, 0.3) is 10.0 Å². The SMILES string of the molecule is CC(=O)CC1CCC(Nc2c(N)cnc3c2ccn3S(=O)(=O)c2ccccc2)CC1. The predicted molar refractivity (Wildman–Crippen MR) is 118 cm³/mol. The highest BCUT2D eigenvalue weighted by Gasteiger charge is 2.25. The minimum Gasteiger partial charge on any atom is -0.396 e. The van der Waals surface area contributed by atoms with Gasteiger partial charge in [-0.25, -0.2) is 17.4 Å². The molecule has 0 amide bonds. The van der Waals surface area contributed by atoms with Crippen molar-refractivity contribution in [2.45, 2.75) is 50.0 Å². The summed E-state index contributed by atoms with van der Waals surface area (Å²) in [5.74, 6) is 0.694. The molecule has 1 aromatic carbocycles. The van der Waals surface area contributed by atoms with E-state index in [1.165, 1.54) is 16.4 Å². The molecule has 2 aromatic heterocycles. The molecule has 0 saturated heterocycles. The molecule has 0 aliphatic heterocycles. The fraction of sp³-hybridized carbons (Fsp3) is 0.364. The summed E-state index contributed by atoms with van der Waals surface area (Å²) in [6, 6.07) is 10.3. The third kappa shape index (κ3) is 3.92. The number of nitrogens with one attached hydrogen (secondary N) is 1. The summed E-state index contributed by atoms with van der Waals surface area (Å²) >= 11 is 0. The molecule has 4 rings (SSSR count). The van der Waals surface area contributed by atoms with Crippen LogP contribution in [0.5, 0.6) is 0 Å². The average Bonchev–Trinajstić information content (AvgIpc) is 3.17. The number of carbonyl (C=O) groups excluding carboxylic acids is 1. The van der Waals surface area contributed by atoms with Gasteiger partial charge >= 0.3 is 0 Å². The summed E-state index contributed by atoms with van der Waals surface area (Å²) in [4.78, 5) is 15.9. The highest BCUT2D eigenvalue weighted by atomic mass is 32.2. The van der Waals surface area contributed by atoms with E-state index < -0.39 is 10.0 Å². The smallest absolute Gasteiger partial charge is 0.269 e. The summed E-state index contributed by atoms with van der Waals surface area (Å²) in [6.07, 6.45) is 7.56. The van der Waals surface area contributed by atoms with Crippen LogP contribution in [0.25, 0.3) is 11.0 Å². The number of hydrogen-bond acceptors (Lipinski definition) is 6. The van der Waals surface area contributed by atoms with Crippen molar-refractivity contribution in [3.63, 3.8) is 0 Å². The van der Waals surface area contributed by atoms with Crippen LogP contribution in [-0.4, -0.2) is 29.2 Å². The standard InChI is InChI=1S/C22H26N4O3S/c1-15(27)13-16-7-9-17(10-8-16)25-21-19-11-12-26(22(19)24-14-20(21)23)30(28,29)18-5-3-2-4-6-18/h2-6,11-12,14,16-17H,7-10,13,23H2,1H3,(H,24,25). The van der Waals surface area contributed by atoms with E-state index >= 15 is 0 Å². The lowest BCUT2D eigenvalue weighted by Crippen LogP contribution is -2.27. The van der Waals surface area contributed by atoms with E-state index in [9.17, 15) is 13.2 Å². The quantitative estimate of drug-likeness (QED) is 0.621. The number of nitrogens with zero attached hydrogens (tertiary/aromatic N) is 2. The Balaban J connectivity index is 1.62. The molecule has 2 heterocycles. The molecule has 0 spiro atoms. The maximum absolute atomic E-state index is 13.1. The Kier molecular flexibility index (Phi) is 5.51. The largest absolute Gasteiger partial charge is 0.396 e. The molecule has 0 unspecified atom stereocenters. The van der Waals surface area contributed by atoms with Gasteiger partial charge < -0.3 is 15.8 Å². The molecule has 1 saturated carbocycles. The third-order valence-corrected chi connectivity index (χ3v) is 7.46. The minimum absolute atomic E-state index is 0.208. The van der Waals surface area contributed by atoms with Gasteiger partial charge in [-0.05, 0) is 56.7 Å². The van der Waals surface area contributed by atoms with E-state index in [-0.39, 0.29) is 16.7 Å². The Morgan fingerprint density at radius 2 is 1.87 bits per heavy atom. The lowest BCUT2D eigenvalue weighted by molar-refractivity contribution is -0.118. The van der Waals surface area contributed by atoms with Crippen molar-refractivity contribution in [1.29, 1.82) is 0 Å². The van der Waals surface area contributed by atoms with Gasteiger partial charge in [-0.3, -0.25) is 0 Å². The zero-order valence-electron chi connectivity index (χ0n) is 16.9. The number of anilines is 2. The van der Waals surface area contributed by atoms with Gasteiger partial charge in [0, 0.05) is 24.0 Å². The van der Waals surface area contributed by atoms with E-state index in [2.05, 4.69) is 10.3 Å². The molecule has 1 aliphatic carbocycles. The van der Waals surface area contributed by atoms with Crippen LogP contribution in [0, 0.1) is 5.92 Å². The monoisotopic (exact) mass is 426 g/mol. The van der Waals surface area contributed by atoms with Crippen LogP contribution in [0.15, 0.2) is 53.7 Å². The molecule has 1 aliphatic rings. The minimum atomic E-state index is -3.75. The van der Waals surface area contributed by atoms with Crippen LogP contribution in [0.3, 0.4) is 0 Å². The maximum atomic E-state index is 13.1. The van der Waals surface area contributed by atoms with Gasteiger partial charge in [-0.15, -0.1) is 0 Å². The van der Waals surface area contributed by atoms with Crippen LogP contribution in [0.2, 0.25) is 0 Å². The highest BCUT2D eigenvalue weighted by molar-refractivity contribution is 7.90. The maximum Gasteiger partial charge on any atom is 0.269 e. The van der Waals surface area contributed by atoms with Crippen molar-refractivity contribution in [3.05, 3.63) is 48.8 Å². The van der Waals surface area contributed by atoms with Crippen LogP contribution < -0.4 is 11.1 Å². The molecular formula is C22H26N4O3S. The van der Waals surface area contributed by atoms with Gasteiger partial charge in [-0.2, -0.15) is 0 Å². The molecule has 3 aromatic rings. The van der Waals surface area contributed by atoms with Crippen LogP contribution in [0.4, 0.5) is 11.4 Å². The zero-order chi connectivity index (χ0) is 21.3. The molecule has 0 radical (unpaired) electrons. The second-order valence-electron chi connectivity index (χ2n) is 8.02. The first-order valence-electron chi connectivity index (χ1n) is 10.2. The summed E-state index contributed by atoms with van der Waals surface area (Å²) in [5.41, 5.74) is 7.75. The highest BCUT2D eigenvalue weighted by Crippen LogP contribution is 2.34. The Labute approximate surface area is 176 Å². The number of hydrogen-bond donors (Lipinski definition) is 2. The number of nitrogens with two attached hydrogens (primary N) is 1. The lowest BCUT2D eigenvalue weighted by atomic mass is 9.83. The molecular weight excluding hydrogens is 400 g/mol. The molecule has 0 atom stereocenters. The number of rotatable bonds is 6. The van der Waals surface area contributed by atoms with Crippen LogP contribution in [0.1, 0.15) is 39.0 Å². The van der Waals surface area contributed by atoms with Crippen molar-refractivity contribution >= 4 is 38.2 Å². The normalized spacial score (nSPS) is 19.6. The average molecular weight is 427 g/mol. The molecule has 7 nitrogen and oxygen atoms in total. The van der Waals surface area contributed by atoms with Crippen molar-refractivity contribution in [2.24, 2.45) is 5.92 Å². The zero-order valence-corrected chi connectivity index (χ0v) is 17.7. The topological polar surface area (TPSA) is 107 Å². The van der Waals surface area contributed by atoms with E-state index in [4.69, 9.17) is 5.73 Å². The van der Waals surface area contributed by atoms with Gasteiger partial charge in [0.2, 0.25) is 0 Å². The van der Waals surface area contributed by atoms with E-state index in [0.29, 0.717) is 29.1 Å². The number of aromatic nitrogens is 2. The second-order valence-corrected chi connectivity index (χ2v) is 9.84. The summed E-state index contributed by atoms with van der Waals surface area (Å²) in [6.45, 7) is 1.65. The number of ketones is 1. The van der Waals surface area contributed by atoms with Crippen LogP contribution in [-0.2, 0) is 14.8 Å². The number of nitrogen functional groups attached to an aromatic ring is 1. The van der Waals surface area contributed by atoms with Gasteiger partial charge in [0.1, 0.15) is 5.78 Å². The van der Waals surface area contributed by atoms with Crippen molar-refractivity contribution in [1.82, 2.24) is 8.96 Å². The number of pyridine rings is 1. The van der Waals surface area contributed by atoms with Gasteiger partial charge in [-0.1, -0.05) is 18.2 Å². The molecule has 8 heteroatoms. The van der Waals surface area contributed by atoms with Gasteiger partial charge in [0.05, 0.1) is 22.5 Å². The molecule has 1 fully saturated rings. The van der Waals surface area contributed by atoms with Gasteiger partial charge in [0.15, 0.2) is 5.65 Å². The first-order valence-corrected chi connectivity index (χ1v) is 11.6. The Bertz CT molecular complexity index is 1160. The molecule has 0 bridgehead atoms. The van der Waals surface area contributed by atoms with Crippen molar-refractivity contribution in [2.75, 3.05) is 11.1 Å². The lowest BCUT2D eigenvalue weighted by Gasteiger charge is -2.29. The van der Waals surface area contributed by atoms with E-state index in [1.54, 1.807) is 43.3 Å². The Morgan fingerprint density at radius 3 is 2.53 bits per heavy atom. The summed E-state index contributed by atoms with van der Waals surface area (Å²) in [7, 11) is -3.75. The van der Waals surface area contributed by atoms with E-state index in [1.807, 2.05) is 0 Å². The Hall–Kier alpha value is -2.87. The van der Waals surface area contributed by atoms with Crippen molar-refractivity contribution < 1.29 is 13.2 Å². The fourth-order valence-electron chi connectivity index (χ4n) is 4.26. The fourth-order valence-corrected chi connectivity index (χ4v) is 5.58. The van der Waals surface area contributed by atoms with E-state index in [0.717, 1.165) is 31.4 Å². The first-order chi connectivity index (χ1) is 14.4. The third-order valence-electron chi connectivity index (χ3n) is 5.78. The molecule has 158 valence electrons. The van der Waals surface area contributed by atoms with Crippen LogP contribution >= 0.6 is 0 Å². The number of carbonyl (C=O) groups is 1. The first kappa shape index (κ1) is 20.4. The van der Waals surface area contributed by atoms with Crippen molar-refractivity contribution in [3.8, 4) is 0 Å². The molecule has 30 heavy (non-hydrogen) atoms.